The van der Waals surface area contributed by atoms with Gasteiger partial charge in [-0.1, -0.05) is 117 Å². The molecule has 2 aromatic heterocycles. The van der Waals surface area contributed by atoms with Crippen molar-refractivity contribution in [1.82, 2.24) is 9.97 Å². The van der Waals surface area contributed by atoms with Crippen molar-refractivity contribution in [2.24, 2.45) is 0 Å². The van der Waals surface area contributed by atoms with Crippen molar-refractivity contribution in [1.29, 1.82) is 0 Å². The summed E-state index contributed by atoms with van der Waals surface area (Å²) in [6.45, 7) is 8.68. The lowest BCUT2D eigenvalue weighted by Gasteiger charge is -2.26. The van der Waals surface area contributed by atoms with Crippen molar-refractivity contribution in [3.05, 3.63) is 174 Å². The van der Waals surface area contributed by atoms with Crippen LogP contribution in [0.1, 0.15) is 36.1 Å². The van der Waals surface area contributed by atoms with Gasteiger partial charge in [0.2, 0.25) is 0 Å². The van der Waals surface area contributed by atoms with Crippen LogP contribution in [0.4, 0.5) is 0 Å². The number of pyridine rings is 2. The molecule has 0 aliphatic rings. The summed E-state index contributed by atoms with van der Waals surface area (Å²) in [5.74, 6) is 0.210. The molecule has 3 nitrogen and oxygen atoms in total. The first-order valence-corrected chi connectivity index (χ1v) is 16.4. The molecule has 0 atom stereocenters. The Morgan fingerprint density at radius 3 is 1.79 bits per heavy atom. The Balaban J connectivity index is 1.31. The average molecular weight is 623 g/mol. The number of aromatic hydroxyl groups is 1. The quantitative estimate of drug-likeness (QED) is 0.192. The molecule has 0 aliphatic heterocycles. The lowest BCUT2D eigenvalue weighted by Crippen LogP contribution is -2.18. The lowest BCUT2D eigenvalue weighted by atomic mass is 9.78. The van der Waals surface area contributed by atoms with Gasteiger partial charge in [0.25, 0.3) is 0 Å². The summed E-state index contributed by atoms with van der Waals surface area (Å²) in [6, 6.07) is 50.0. The first-order chi connectivity index (χ1) is 23.3. The number of phenolic OH excluding ortho intramolecular Hbond substituents is 1. The zero-order valence-electron chi connectivity index (χ0n) is 27.8. The highest BCUT2D eigenvalue weighted by atomic mass is 16.3. The number of aryl methyl sites for hydroxylation is 2. The highest BCUT2D eigenvalue weighted by Crippen LogP contribution is 2.39. The van der Waals surface area contributed by atoms with Crippen molar-refractivity contribution in [2.75, 3.05) is 0 Å². The summed E-state index contributed by atoms with van der Waals surface area (Å²) < 4.78 is 0. The molecule has 48 heavy (non-hydrogen) atoms. The smallest absolute Gasteiger partial charge is 0.125 e. The van der Waals surface area contributed by atoms with Crippen LogP contribution in [-0.2, 0) is 5.41 Å². The van der Waals surface area contributed by atoms with Crippen LogP contribution in [-0.4, -0.2) is 15.1 Å². The van der Waals surface area contributed by atoms with Crippen LogP contribution in [0.5, 0.6) is 5.75 Å². The minimum absolute atomic E-state index is 0.210. The van der Waals surface area contributed by atoms with E-state index in [0.717, 1.165) is 44.8 Å². The number of nitrogens with zero attached hydrogens (tertiary/aromatic N) is 2. The van der Waals surface area contributed by atoms with Crippen LogP contribution in [0.3, 0.4) is 0 Å². The molecule has 0 saturated carbocycles. The predicted molar refractivity (Wildman–Crippen MR) is 199 cm³/mol. The van der Waals surface area contributed by atoms with Crippen LogP contribution in [0.15, 0.2) is 152 Å². The zero-order valence-corrected chi connectivity index (χ0v) is 27.8. The molecule has 2 heterocycles. The molecule has 5 aromatic carbocycles. The highest BCUT2D eigenvalue weighted by Gasteiger charge is 2.24. The van der Waals surface area contributed by atoms with Crippen LogP contribution in [0, 0.1) is 13.8 Å². The Bertz CT molecular complexity index is 2220. The highest BCUT2D eigenvalue weighted by molar-refractivity contribution is 5.81. The van der Waals surface area contributed by atoms with E-state index in [-0.39, 0.29) is 11.2 Å². The maximum atomic E-state index is 11.5. The molecular weight excluding hydrogens is 585 g/mol. The number of hydrogen-bond acceptors (Lipinski definition) is 3. The van der Waals surface area contributed by atoms with E-state index >= 15 is 0 Å². The molecule has 0 bridgehead atoms. The van der Waals surface area contributed by atoms with Crippen LogP contribution < -0.4 is 0 Å². The molecule has 0 saturated heterocycles. The summed E-state index contributed by atoms with van der Waals surface area (Å²) in [6.07, 6.45) is 1.89. The second-order valence-corrected chi connectivity index (χ2v) is 13.0. The van der Waals surface area contributed by atoms with E-state index in [4.69, 9.17) is 9.97 Å². The largest absolute Gasteiger partial charge is 0.507 e. The fourth-order valence-electron chi connectivity index (χ4n) is 6.62. The van der Waals surface area contributed by atoms with Gasteiger partial charge in [-0.2, -0.15) is 0 Å². The lowest BCUT2D eigenvalue weighted by molar-refractivity contribution is 0.474. The minimum Gasteiger partial charge on any atom is -0.507 e. The van der Waals surface area contributed by atoms with Crippen molar-refractivity contribution in [2.45, 2.75) is 33.1 Å². The third kappa shape index (κ3) is 6.03. The third-order valence-electron chi connectivity index (χ3n) is 9.41. The Labute approximate surface area is 283 Å². The summed E-state index contributed by atoms with van der Waals surface area (Å²) in [5, 5.41) is 11.5. The van der Waals surface area contributed by atoms with Crippen molar-refractivity contribution >= 4 is 0 Å². The predicted octanol–water partition coefficient (Wildman–Crippen LogP) is 11.5. The summed E-state index contributed by atoms with van der Waals surface area (Å²) in [4.78, 5) is 9.92. The van der Waals surface area contributed by atoms with E-state index < -0.39 is 0 Å². The van der Waals surface area contributed by atoms with Gasteiger partial charge < -0.3 is 5.11 Å². The van der Waals surface area contributed by atoms with E-state index in [1.54, 1.807) is 0 Å². The first-order valence-electron chi connectivity index (χ1n) is 16.4. The topological polar surface area (TPSA) is 46.0 Å². The Kier molecular flexibility index (Phi) is 8.20. The molecule has 7 aromatic rings. The standard InChI is InChI=1S/C45H38N2O/c1-30-13-11-14-31(2)44(30)35-23-24-46-40(26-35)33-17-12-18-34(25-33)41-27-36(32-15-7-5-8-16-32)28-42(47-41)39-22-21-38(29-43(39)48)45(3,4)37-19-9-6-10-20-37/h5-29,48H,1-4H3. The van der Waals surface area contributed by atoms with E-state index in [1.807, 2.05) is 42.6 Å². The van der Waals surface area contributed by atoms with Crippen LogP contribution in [0.25, 0.3) is 56.0 Å². The second kappa shape index (κ2) is 12.8. The van der Waals surface area contributed by atoms with E-state index in [0.29, 0.717) is 11.3 Å². The van der Waals surface area contributed by atoms with Gasteiger partial charge in [0.05, 0.1) is 17.1 Å². The summed E-state index contributed by atoms with van der Waals surface area (Å²) in [5.41, 5.74) is 14.1. The zero-order chi connectivity index (χ0) is 33.3. The monoisotopic (exact) mass is 622 g/mol. The van der Waals surface area contributed by atoms with Gasteiger partial charge in [-0.15, -0.1) is 0 Å². The van der Waals surface area contributed by atoms with Gasteiger partial charge in [-0.25, -0.2) is 4.98 Å². The van der Waals surface area contributed by atoms with Gasteiger partial charge in [0, 0.05) is 28.3 Å². The molecule has 3 heteroatoms. The summed E-state index contributed by atoms with van der Waals surface area (Å²) >= 11 is 0. The maximum Gasteiger partial charge on any atom is 0.125 e. The van der Waals surface area contributed by atoms with Gasteiger partial charge in [-0.05, 0) is 101 Å². The fourth-order valence-corrected chi connectivity index (χ4v) is 6.62. The first kappa shape index (κ1) is 30.8. The number of hydrogen-bond donors (Lipinski definition) is 1. The maximum absolute atomic E-state index is 11.5. The third-order valence-corrected chi connectivity index (χ3v) is 9.41. The van der Waals surface area contributed by atoms with E-state index in [2.05, 4.69) is 137 Å². The van der Waals surface area contributed by atoms with Gasteiger partial charge in [0.15, 0.2) is 0 Å². The molecule has 0 spiro atoms. The van der Waals surface area contributed by atoms with E-state index in [9.17, 15) is 5.11 Å². The number of rotatable bonds is 7. The van der Waals surface area contributed by atoms with E-state index in [1.165, 1.54) is 22.3 Å². The minimum atomic E-state index is -0.272. The molecule has 0 fully saturated rings. The Morgan fingerprint density at radius 2 is 1.08 bits per heavy atom. The molecule has 0 radical (unpaired) electrons. The normalized spacial score (nSPS) is 11.4. The van der Waals surface area contributed by atoms with Gasteiger partial charge in [-0.3, -0.25) is 4.98 Å². The summed E-state index contributed by atoms with van der Waals surface area (Å²) in [7, 11) is 0. The molecular formula is C45H38N2O. The number of phenols is 1. The van der Waals surface area contributed by atoms with Crippen molar-refractivity contribution < 1.29 is 5.11 Å². The van der Waals surface area contributed by atoms with Gasteiger partial charge in [0.1, 0.15) is 5.75 Å². The van der Waals surface area contributed by atoms with Crippen LogP contribution >= 0.6 is 0 Å². The molecule has 0 amide bonds. The molecule has 0 unspecified atom stereocenters. The SMILES string of the molecule is Cc1cccc(C)c1-c1ccnc(-c2cccc(-c3cc(-c4ccccc4)cc(-c4ccc(C(C)(C)c5ccccc5)cc4O)n3)c2)c1. The second-order valence-electron chi connectivity index (χ2n) is 13.0. The van der Waals surface area contributed by atoms with Crippen LogP contribution in [0.2, 0.25) is 0 Å². The molecule has 7 rings (SSSR count). The Hall–Kier alpha value is -5.80. The van der Waals surface area contributed by atoms with Crippen molar-refractivity contribution in [3.63, 3.8) is 0 Å². The molecule has 234 valence electrons. The van der Waals surface area contributed by atoms with Gasteiger partial charge >= 0.3 is 0 Å². The number of aromatic nitrogens is 2. The molecule has 1 N–H and O–H groups in total. The number of benzene rings is 5. The fraction of sp³-hybridized carbons (Fsp3) is 0.111. The average Bonchev–Trinajstić information content (AvgIpc) is 3.12. The molecule has 0 aliphatic carbocycles. The Morgan fingerprint density at radius 1 is 0.479 bits per heavy atom. The van der Waals surface area contributed by atoms with Crippen molar-refractivity contribution in [3.8, 4) is 61.8 Å².